The number of nitriles is 5. The molecule has 0 aliphatic heterocycles. The van der Waals surface area contributed by atoms with Crippen molar-refractivity contribution in [3.8, 4) is 27.0 Å². The standard InChI is InChI=1S/5CHNS.3K.3H/c5*2-1-3;;;;;;/h5*3H;;;;;;. The third-order valence-electron chi connectivity index (χ3n) is 0. The first kappa shape index (κ1) is 49.5. The Labute approximate surface area is 263 Å². The van der Waals surface area contributed by atoms with Crippen LogP contribution in [-0.2, 0) is 0 Å². The quantitative estimate of drug-likeness (QED) is 0.217. The monoisotopic (exact) mass is 415 g/mol. The normalized spacial score (nSPS) is 2.22. The van der Waals surface area contributed by atoms with E-state index >= 15 is 0 Å². The molecule has 0 saturated heterocycles. The number of rotatable bonds is 0. The van der Waals surface area contributed by atoms with Gasteiger partial charge in [0, 0.05) is 0 Å². The molecule has 0 unspecified atom stereocenters. The summed E-state index contributed by atoms with van der Waals surface area (Å²) >= 11 is 15.5. The molecule has 0 fully saturated rings. The van der Waals surface area contributed by atoms with Crippen molar-refractivity contribution in [3.05, 3.63) is 0 Å². The van der Waals surface area contributed by atoms with Crippen molar-refractivity contribution in [2.45, 2.75) is 0 Å². The number of hydrogen-bond acceptors (Lipinski definition) is 10. The van der Waals surface area contributed by atoms with Crippen LogP contribution >= 0.6 is 63.1 Å². The molecular formula is C5H8K3N5S5. The molecule has 0 aliphatic rings. The van der Waals surface area contributed by atoms with Crippen molar-refractivity contribution >= 4 is 217 Å². The Morgan fingerprint density at radius 2 is 0.389 bits per heavy atom. The molecule has 86 valence electrons. The molecule has 13 heteroatoms. The molecule has 0 aromatic heterocycles. The summed E-state index contributed by atoms with van der Waals surface area (Å²) < 4.78 is 0. The predicted molar refractivity (Wildman–Crippen MR) is 94.4 cm³/mol. The van der Waals surface area contributed by atoms with E-state index in [9.17, 15) is 0 Å². The average Bonchev–Trinajstić information content (AvgIpc) is 2.09. The van der Waals surface area contributed by atoms with Gasteiger partial charge in [0.15, 0.2) is 0 Å². The van der Waals surface area contributed by atoms with E-state index in [0.717, 1.165) is 0 Å². The Balaban J connectivity index is -0.0000000111. The van der Waals surface area contributed by atoms with Crippen LogP contribution in [0.15, 0.2) is 0 Å². The summed E-state index contributed by atoms with van der Waals surface area (Å²) in [6.07, 6.45) is 0. The molecule has 0 amide bonds. The van der Waals surface area contributed by atoms with Gasteiger partial charge in [-0.15, -0.1) is 0 Å². The van der Waals surface area contributed by atoms with Gasteiger partial charge in [-0.25, -0.2) is 0 Å². The van der Waals surface area contributed by atoms with E-state index in [4.69, 9.17) is 26.3 Å². The van der Waals surface area contributed by atoms with Crippen LogP contribution in [0.4, 0.5) is 0 Å². The number of thiocyanates is 5. The van der Waals surface area contributed by atoms with E-state index in [1.807, 2.05) is 0 Å². The first-order valence-electron chi connectivity index (χ1n) is 2.24. The summed E-state index contributed by atoms with van der Waals surface area (Å²) in [7, 11) is 0. The van der Waals surface area contributed by atoms with E-state index in [1.54, 1.807) is 0 Å². The zero-order valence-corrected chi connectivity index (χ0v) is 11.4. The number of hydrogen-bond donors (Lipinski definition) is 5. The third-order valence-corrected chi connectivity index (χ3v) is 0. The van der Waals surface area contributed by atoms with Crippen LogP contribution < -0.4 is 0 Å². The summed E-state index contributed by atoms with van der Waals surface area (Å²) in [6, 6.07) is 0. The molecule has 0 aromatic carbocycles. The maximum atomic E-state index is 7.18. The van der Waals surface area contributed by atoms with Gasteiger partial charge in [0.05, 0.1) is 0 Å². The van der Waals surface area contributed by atoms with Crippen molar-refractivity contribution in [1.82, 2.24) is 0 Å². The molecule has 18 heavy (non-hydrogen) atoms. The zero-order chi connectivity index (χ0) is 13.5. The molecule has 0 spiro atoms. The molecule has 0 rings (SSSR count). The summed E-state index contributed by atoms with van der Waals surface area (Å²) in [6.45, 7) is 0. The second-order valence-electron chi connectivity index (χ2n) is 0.500. The van der Waals surface area contributed by atoms with Gasteiger partial charge in [-0.3, -0.25) is 0 Å². The fraction of sp³-hybridized carbons (Fsp3) is 0. The molecule has 0 N–H and O–H groups in total. The summed E-state index contributed by atoms with van der Waals surface area (Å²) in [5, 5.41) is 43.1. The van der Waals surface area contributed by atoms with Gasteiger partial charge in [-0.05, 0) is 0 Å². The summed E-state index contributed by atoms with van der Waals surface area (Å²) in [5.74, 6) is 0. The van der Waals surface area contributed by atoms with Gasteiger partial charge in [-0.2, -0.15) is 26.3 Å². The van der Waals surface area contributed by atoms with Crippen molar-refractivity contribution < 1.29 is 0 Å². The van der Waals surface area contributed by atoms with E-state index < -0.39 is 0 Å². The minimum atomic E-state index is 0. The molecule has 0 saturated carbocycles. The Morgan fingerprint density at radius 3 is 0.389 bits per heavy atom. The van der Waals surface area contributed by atoms with E-state index in [2.05, 4.69) is 63.1 Å². The topological polar surface area (TPSA) is 119 Å². The van der Waals surface area contributed by atoms with Crippen LogP contribution in [0.2, 0.25) is 0 Å². The Bertz CT molecular complexity index is 213. The van der Waals surface area contributed by atoms with Crippen LogP contribution in [0.25, 0.3) is 0 Å². The maximum absolute atomic E-state index is 7.18. The molecule has 0 heterocycles. The Hall–Kier alpha value is 4.11. The minimum absolute atomic E-state index is 0. The van der Waals surface area contributed by atoms with Crippen molar-refractivity contribution in [1.29, 1.82) is 26.3 Å². The van der Waals surface area contributed by atoms with Crippen LogP contribution in [0.3, 0.4) is 0 Å². The van der Waals surface area contributed by atoms with Crippen molar-refractivity contribution in [2.75, 3.05) is 0 Å². The first-order chi connectivity index (χ1) is 7.07. The van der Waals surface area contributed by atoms with Gasteiger partial charge < -0.3 is 0 Å². The molecule has 0 aromatic rings. The first-order valence-corrected chi connectivity index (χ1v) is 4.47. The van der Waals surface area contributed by atoms with Crippen molar-refractivity contribution in [2.24, 2.45) is 0 Å². The molecule has 0 aliphatic carbocycles. The van der Waals surface area contributed by atoms with Gasteiger partial charge in [0.25, 0.3) is 0 Å². The van der Waals surface area contributed by atoms with Gasteiger partial charge in [-0.1, -0.05) is 63.1 Å². The summed E-state index contributed by atoms with van der Waals surface area (Å²) in [4.78, 5) is 0. The molecule has 5 nitrogen and oxygen atoms in total. The van der Waals surface area contributed by atoms with Gasteiger partial charge in [0.1, 0.15) is 27.0 Å². The predicted octanol–water partition coefficient (Wildman–Crippen LogP) is 0.0409. The zero-order valence-electron chi connectivity index (χ0n) is 6.97. The molecular weight excluding hydrogens is 408 g/mol. The average molecular weight is 416 g/mol. The fourth-order valence-electron chi connectivity index (χ4n) is 0. The van der Waals surface area contributed by atoms with Gasteiger partial charge >= 0.3 is 154 Å². The fourth-order valence-corrected chi connectivity index (χ4v) is 0. The number of nitrogens with zero attached hydrogens (tertiary/aromatic N) is 5. The van der Waals surface area contributed by atoms with E-state index in [1.165, 1.54) is 27.0 Å². The second kappa shape index (κ2) is 103. The molecule has 0 radical (unpaired) electrons. The van der Waals surface area contributed by atoms with Crippen LogP contribution in [0.1, 0.15) is 0 Å². The number of thiol groups is 5. The van der Waals surface area contributed by atoms with Crippen LogP contribution in [0.5, 0.6) is 0 Å². The SMILES string of the molecule is N#CS.N#CS.N#CS.N#CS.N#CS.[KH].[KH].[KH]. The van der Waals surface area contributed by atoms with E-state index in [-0.39, 0.29) is 154 Å². The van der Waals surface area contributed by atoms with Gasteiger partial charge in [0.2, 0.25) is 0 Å². The Morgan fingerprint density at radius 1 is 0.389 bits per heavy atom. The molecule has 0 atom stereocenters. The second-order valence-corrected chi connectivity index (χ2v) is 1.50. The van der Waals surface area contributed by atoms with Crippen LogP contribution in [-0.4, -0.2) is 154 Å². The third kappa shape index (κ3) is 435. The van der Waals surface area contributed by atoms with Crippen molar-refractivity contribution in [3.63, 3.8) is 0 Å². The molecule has 0 bridgehead atoms. The van der Waals surface area contributed by atoms with Crippen LogP contribution in [0, 0.1) is 53.3 Å². The summed E-state index contributed by atoms with van der Waals surface area (Å²) in [5.41, 5.74) is 0. The van der Waals surface area contributed by atoms with E-state index in [0.29, 0.717) is 0 Å². The Kier molecular flexibility index (Phi) is 283.